The monoisotopic (exact) mass is 342 g/mol. The Morgan fingerprint density at radius 1 is 1.08 bits per heavy atom. The van der Waals surface area contributed by atoms with E-state index in [-0.39, 0.29) is 19.0 Å². The van der Waals surface area contributed by atoms with Crippen molar-refractivity contribution in [1.29, 1.82) is 0 Å². The van der Waals surface area contributed by atoms with Crippen LogP contribution in [-0.2, 0) is 27.4 Å². The van der Waals surface area contributed by atoms with Crippen molar-refractivity contribution >= 4 is 12.4 Å². The molecule has 0 aliphatic rings. The van der Waals surface area contributed by atoms with Gasteiger partial charge in [-0.3, -0.25) is 9.59 Å². The third kappa shape index (κ3) is 6.30. The molecular weight excluding hydrogens is 320 g/mol. The van der Waals surface area contributed by atoms with Gasteiger partial charge in [0.2, 0.25) is 0 Å². The highest BCUT2D eigenvalue weighted by Gasteiger charge is 2.10. The second-order valence-electron chi connectivity index (χ2n) is 5.51. The van der Waals surface area contributed by atoms with Crippen molar-refractivity contribution in [3.8, 4) is 11.5 Å². The lowest BCUT2D eigenvalue weighted by Gasteiger charge is -2.09. The number of benzene rings is 2. The lowest BCUT2D eigenvalue weighted by atomic mass is 10.1. The van der Waals surface area contributed by atoms with Crippen molar-refractivity contribution in [1.82, 2.24) is 0 Å². The average Bonchev–Trinajstić information content (AvgIpc) is 2.63. The van der Waals surface area contributed by atoms with Gasteiger partial charge >= 0.3 is 5.97 Å². The molecule has 2 rings (SSSR count). The van der Waals surface area contributed by atoms with Crippen LogP contribution in [-0.4, -0.2) is 19.0 Å². The summed E-state index contributed by atoms with van der Waals surface area (Å²) in [5.74, 6) is 0.789. The molecule has 0 saturated heterocycles. The second-order valence-corrected chi connectivity index (χ2v) is 5.51. The molecule has 0 fully saturated rings. The largest absolute Gasteiger partial charge is 0.494 e. The first-order valence-corrected chi connectivity index (χ1v) is 8.28. The van der Waals surface area contributed by atoms with Crippen LogP contribution >= 0.6 is 0 Å². The molecule has 0 radical (unpaired) electrons. The van der Waals surface area contributed by atoms with Crippen LogP contribution in [0.2, 0.25) is 0 Å². The summed E-state index contributed by atoms with van der Waals surface area (Å²) in [5.41, 5.74) is 1.49. The predicted molar refractivity (Wildman–Crippen MR) is 93.5 cm³/mol. The van der Waals surface area contributed by atoms with Gasteiger partial charge in [-0.25, -0.2) is 0 Å². The Hall–Kier alpha value is -2.82. The number of rotatable bonds is 10. The van der Waals surface area contributed by atoms with E-state index < -0.39 is 0 Å². The van der Waals surface area contributed by atoms with Crippen LogP contribution in [0.4, 0.5) is 0 Å². The molecule has 132 valence electrons. The maximum atomic E-state index is 12.0. The molecule has 0 aromatic heterocycles. The fourth-order valence-electron chi connectivity index (χ4n) is 2.20. The molecule has 25 heavy (non-hydrogen) atoms. The molecule has 0 aliphatic carbocycles. The zero-order chi connectivity index (χ0) is 17.9. The SMILES string of the molecule is CCCCOc1ccc(COC(=O)Cc2ccccc2OC=O)cc1. The molecule has 0 atom stereocenters. The van der Waals surface area contributed by atoms with Crippen LogP contribution in [0.3, 0.4) is 0 Å². The number of esters is 1. The van der Waals surface area contributed by atoms with Crippen molar-refractivity contribution < 1.29 is 23.8 Å². The van der Waals surface area contributed by atoms with Crippen LogP contribution in [0.5, 0.6) is 11.5 Å². The molecule has 0 amide bonds. The van der Waals surface area contributed by atoms with Crippen LogP contribution < -0.4 is 9.47 Å². The maximum Gasteiger partial charge on any atom is 0.310 e. The molecule has 2 aromatic carbocycles. The lowest BCUT2D eigenvalue weighted by Crippen LogP contribution is -2.09. The van der Waals surface area contributed by atoms with Gasteiger partial charge in [0.25, 0.3) is 6.47 Å². The minimum atomic E-state index is -0.384. The Labute approximate surface area is 147 Å². The van der Waals surface area contributed by atoms with Gasteiger partial charge in [-0.2, -0.15) is 0 Å². The molecule has 0 unspecified atom stereocenters. The summed E-state index contributed by atoms with van der Waals surface area (Å²) in [6, 6.07) is 14.3. The van der Waals surface area contributed by atoms with Crippen LogP contribution in [0.1, 0.15) is 30.9 Å². The Kier molecular flexibility index (Phi) is 7.50. The molecule has 2 aromatic rings. The van der Waals surface area contributed by atoms with Gasteiger partial charge in [0, 0.05) is 5.56 Å². The first-order valence-electron chi connectivity index (χ1n) is 8.28. The van der Waals surface area contributed by atoms with Gasteiger partial charge in [-0.1, -0.05) is 43.7 Å². The number of hydrogen-bond donors (Lipinski definition) is 0. The Morgan fingerprint density at radius 2 is 1.84 bits per heavy atom. The number of carbonyl (C=O) groups is 2. The minimum absolute atomic E-state index is 0.0439. The molecule has 0 N–H and O–H groups in total. The number of carbonyl (C=O) groups excluding carboxylic acids is 2. The van der Waals surface area contributed by atoms with Gasteiger partial charge in [0.15, 0.2) is 0 Å². The molecule has 0 spiro atoms. The Morgan fingerprint density at radius 3 is 2.56 bits per heavy atom. The topological polar surface area (TPSA) is 61.8 Å². The summed E-state index contributed by atoms with van der Waals surface area (Å²) in [6.45, 7) is 3.34. The predicted octanol–water partition coefficient (Wildman–Crippen LogP) is 3.69. The highest BCUT2D eigenvalue weighted by Crippen LogP contribution is 2.19. The van der Waals surface area contributed by atoms with Gasteiger partial charge < -0.3 is 14.2 Å². The molecule has 0 aliphatic heterocycles. The molecule has 5 heteroatoms. The molecular formula is C20H22O5. The van der Waals surface area contributed by atoms with E-state index >= 15 is 0 Å². The van der Waals surface area contributed by atoms with Crippen molar-refractivity contribution in [2.75, 3.05) is 6.61 Å². The quantitative estimate of drug-likeness (QED) is 0.374. The number of ether oxygens (including phenoxy) is 3. The fraction of sp³-hybridized carbons (Fsp3) is 0.300. The summed E-state index contributed by atoms with van der Waals surface area (Å²) in [4.78, 5) is 22.5. The van der Waals surface area contributed by atoms with Gasteiger partial charge in [0.05, 0.1) is 13.0 Å². The van der Waals surface area contributed by atoms with Crippen molar-refractivity contribution in [3.05, 3.63) is 59.7 Å². The standard InChI is InChI=1S/C20H22O5/c1-2-3-12-23-18-10-8-16(9-11-18)14-24-20(22)13-17-6-4-5-7-19(17)25-15-21/h4-11,15H,2-3,12-14H2,1H3. The summed E-state index contributed by atoms with van der Waals surface area (Å²) in [5, 5.41) is 0. The first-order chi connectivity index (χ1) is 12.2. The highest BCUT2D eigenvalue weighted by molar-refractivity contribution is 5.73. The second kappa shape index (κ2) is 10.1. The van der Waals surface area contributed by atoms with Gasteiger partial charge in [-0.15, -0.1) is 0 Å². The van der Waals surface area contributed by atoms with Crippen LogP contribution in [0.15, 0.2) is 48.5 Å². The third-order valence-corrected chi connectivity index (χ3v) is 3.57. The van der Waals surface area contributed by atoms with E-state index in [9.17, 15) is 9.59 Å². The smallest absolute Gasteiger partial charge is 0.310 e. The molecule has 0 heterocycles. The van der Waals surface area contributed by atoms with E-state index in [1.807, 2.05) is 24.3 Å². The summed E-state index contributed by atoms with van der Waals surface area (Å²) in [7, 11) is 0. The van der Waals surface area contributed by atoms with E-state index in [2.05, 4.69) is 6.92 Å². The summed E-state index contributed by atoms with van der Waals surface area (Å²) < 4.78 is 15.7. The third-order valence-electron chi connectivity index (χ3n) is 3.57. The van der Waals surface area contributed by atoms with Crippen LogP contribution in [0.25, 0.3) is 0 Å². The van der Waals surface area contributed by atoms with E-state index in [4.69, 9.17) is 14.2 Å². The fourth-order valence-corrected chi connectivity index (χ4v) is 2.20. The Balaban J connectivity index is 1.83. The number of hydrogen-bond acceptors (Lipinski definition) is 5. The zero-order valence-corrected chi connectivity index (χ0v) is 14.3. The summed E-state index contributed by atoms with van der Waals surface area (Å²) >= 11 is 0. The lowest BCUT2D eigenvalue weighted by molar-refractivity contribution is -0.144. The Bertz CT molecular complexity index is 679. The normalized spacial score (nSPS) is 10.1. The molecule has 5 nitrogen and oxygen atoms in total. The average molecular weight is 342 g/mol. The zero-order valence-electron chi connectivity index (χ0n) is 14.3. The maximum absolute atomic E-state index is 12.0. The van der Waals surface area contributed by atoms with Gasteiger partial charge in [-0.05, 0) is 30.2 Å². The van der Waals surface area contributed by atoms with Gasteiger partial charge in [0.1, 0.15) is 18.1 Å². The highest BCUT2D eigenvalue weighted by atomic mass is 16.5. The van der Waals surface area contributed by atoms with Crippen LogP contribution in [0, 0.1) is 0 Å². The van der Waals surface area contributed by atoms with Crippen molar-refractivity contribution in [3.63, 3.8) is 0 Å². The molecule has 0 saturated carbocycles. The number of unbranched alkanes of at least 4 members (excludes halogenated alkanes) is 1. The van der Waals surface area contributed by atoms with E-state index in [1.54, 1.807) is 24.3 Å². The van der Waals surface area contributed by atoms with Crippen molar-refractivity contribution in [2.45, 2.75) is 32.8 Å². The summed E-state index contributed by atoms with van der Waals surface area (Å²) in [6.07, 6.45) is 2.16. The van der Waals surface area contributed by atoms with E-state index in [1.165, 1.54) is 0 Å². The van der Waals surface area contributed by atoms with Crippen molar-refractivity contribution in [2.24, 2.45) is 0 Å². The minimum Gasteiger partial charge on any atom is -0.494 e. The molecule has 0 bridgehead atoms. The van der Waals surface area contributed by atoms with E-state index in [0.29, 0.717) is 24.4 Å². The number of para-hydroxylation sites is 1. The first kappa shape index (κ1) is 18.5. The van der Waals surface area contributed by atoms with E-state index in [0.717, 1.165) is 24.2 Å².